The molecule has 0 unspecified atom stereocenters. The van der Waals surface area contributed by atoms with Crippen LogP contribution < -0.4 is 5.32 Å². The largest absolute Gasteiger partial charge is 0.321 e. The highest BCUT2D eigenvalue weighted by Gasteiger charge is 2.13. The highest BCUT2D eigenvalue weighted by atomic mass is 79.9. The van der Waals surface area contributed by atoms with E-state index in [4.69, 9.17) is 23.2 Å². The standard InChI is InChI=1S/C12H6BrCl2FN2O/c13-8-2-1-6(16)3-10(8)18-12(19)7-4-11(15)17-5-9(7)14/h1-5H,(H,18,19). The molecule has 0 aliphatic heterocycles. The molecular weight excluding hydrogens is 358 g/mol. The summed E-state index contributed by atoms with van der Waals surface area (Å²) < 4.78 is 13.7. The maximum Gasteiger partial charge on any atom is 0.257 e. The molecule has 0 atom stereocenters. The summed E-state index contributed by atoms with van der Waals surface area (Å²) in [6.07, 6.45) is 1.28. The number of aromatic nitrogens is 1. The van der Waals surface area contributed by atoms with Crippen LogP contribution in [0.1, 0.15) is 10.4 Å². The molecule has 19 heavy (non-hydrogen) atoms. The van der Waals surface area contributed by atoms with E-state index in [-0.39, 0.29) is 15.7 Å². The normalized spacial score (nSPS) is 10.3. The van der Waals surface area contributed by atoms with Crippen molar-refractivity contribution in [2.24, 2.45) is 0 Å². The van der Waals surface area contributed by atoms with Gasteiger partial charge in [-0.05, 0) is 40.2 Å². The fourth-order valence-electron chi connectivity index (χ4n) is 1.37. The van der Waals surface area contributed by atoms with Gasteiger partial charge >= 0.3 is 0 Å². The molecular formula is C12H6BrCl2FN2O. The van der Waals surface area contributed by atoms with E-state index in [1.807, 2.05) is 0 Å². The number of benzene rings is 1. The van der Waals surface area contributed by atoms with Gasteiger partial charge in [-0.3, -0.25) is 4.79 Å². The van der Waals surface area contributed by atoms with Gasteiger partial charge in [-0.15, -0.1) is 0 Å². The van der Waals surface area contributed by atoms with Crippen molar-refractivity contribution < 1.29 is 9.18 Å². The van der Waals surface area contributed by atoms with E-state index < -0.39 is 11.7 Å². The zero-order valence-electron chi connectivity index (χ0n) is 9.25. The van der Waals surface area contributed by atoms with Crippen molar-refractivity contribution in [2.75, 3.05) is 5.32 Å². The highest BCUT2D eigenvalue weighted by molar-refractivity contribution is 9.10. The van der Waals surface area contributed by atoms with Crippen LogP contribution >= 0.6 is 39.1 Å². The molecule has 3 nitrogen and oxygen atoms in total. The number of hydrogen-bond acceptors (Lipinski definition) is 2. The van der Waals surface area contributed by atoms with Crippen LogP contribution in [0.5, 0.6) is 0 Å². The van der Waals surface area contributed by atoms with Crippen LogP contribution in [0, 0.1) is 5.82 Å². The number of pyridine rings is 1. The molecule has 1 heterocycles. The first-order valence-electron chi connectivity index (χ1n) is 5.05. The molecule has 0 saturated heterocycles. The summed E-state index contributed by atoms with van der Waals surface area (Å²) in [7, 11) is 0. The molecule has 0 aliphatic rings. The average molecular weight is 364 g/mol. The zero-order valence-corrected chi connectivity index (χ0v) is 12.4. The minimum absolute atomic E-state index is 0.146. The molecule has 1 N–H and O–H groups in total. The van der Waals surface area contributed by atoms with E-state index in [1.165, 1.54) is 30.5 Å². The van der Waals surface area contributed by atoms with Gasteiger partial charge in [0.15, 0.2) is 0 Å². The second kappa shape index (κ2) is 5.86. The topological polar surface area (TPSA) is 42.0 Å². The Morgan fingerprint density at radius 1 is 1.32 bits per heavy atom. The van der Waals surface area contributed by atoms with Gasteiger partial charge in [-0.25, -0.2) is 9.37 Å². The lowest BCUT2D eigenvalue weighted by Crippen LogP contribution is -2.13. The van der Waals surface area contributed by atoms with Gasteiger partial charge in [0.2, 0.25) is 0 Å². The Hall–Kier alpha value is -1.17. The third-order valence-corrected chi connectivity index (χ3v) is 3.44. The van der Waals surface area contributed by atoms with Crippen molar-refractivity contribution in [1.82, 2.24) is 4.98 Å². The number of nitrogens with one attached hydrogen (secondary N) is 1. The Morgan fingerprint density at radius 2 is 2.05 bits per heavy atom. The van der Waals surface area contributed by atoms with Crippen LogP contribution in [0.4, 0.5) is 10.1 Å². The number of anilines is 1. The van der Waals surface area contributed by atoms with Crippen LogP contribution in [-0.2, 0) is 0 Å². The van der Waals surface area contributed by atoms with Crippen LogP contribution in [0.3, 0.4) is 0 Å². The van der Waals surface area contributed by atoms with Crippen molar-refractivity contribution in [3.8, 4) is 0 Å². The first-order valence-corrected chi connectivity index (χ1v) is 6.59. The Bertz CT molecular complexity index is 652. The number of hydrogen-bond donors (Lipinski definition) is 1. The second-order valence-corrected chi connectivity index (χ2v) is 5.21. The van der Waals surface area contributed by atoms with Crippen molar-refractivity contribution in [1.29, 1.82) is 0 Å². The molecule has 1 aromatic carbocycles. The molecule has 2 rings (SSSR count). The van der Waals surface area contributed by atoms with E-state index in [0.29, 0.717) is 10.2 Å². The maximum atomic E-state index is 13.1. The Balaban J connectivity index is 2.30. The summed E-state index contributed by atoms with van der Waals surface area (Å²) in [5.41, 5.74) is 0.465. The van der Waals surface area contributed by atoms with Gasteiger partial charge in [0.1, 0.15) is 11.0 Å². The van der Waals surface area contributed by atoms with Crippen LogP contribution in [0.2, 0.25) is 10.2 Å². The summed E-state index contributed by atoms with van der Waals surface area (Å²) in [4.78, 5) is 15.8. The van der Waals surface area contributed by atoms with E-state index in [1.54, 1.807) is 0 Å². The van der Waals surface area contributed by atoms with Gasteiger partial charge < -0.3 is 5.32 Å². The monoisotopic (exact) mass is 362 g/mol. The number of halogens is 4. The molecule has 7 heteroatoms. The minimum atomic E-state index is -0.499. The van der Waals surface area contributed by atoms with E-state index >= 15 is 0 Å². The Labute approximate surface area is 126 Å². The molecule has 0 saturated carbocycles. The molecule has 98 valence electrons. The average Bonchev–Trinajstić information content (AvgIpc) is 2.36. The van der Waals surface area contributed by atoms with Crippen molar-refractivity contribution in [2.45, 2.75) is 0 Å². The summed E-state index contributed by atoms with van der Waals surface area (Å²) in [6, 6.07) is 5.30. The van der Waals surface area contributed by atoms with Gasteiger partial charge in [-0.1, -0.05) is 23.2 Å². The molecule has 0 spiro atoms. The predicted molar refractivity (Wildman–Crippen MR) is 76.3 cm³/mol. The molecule has 2 aromatic rings. The van der Waals surface area contributed by atoms with Crippen LogP contribution in [-0.4, -0.2) is 10.9 Å². The lowest BCUT2D eigenvalue weighted by molar-refractivity contribution is 0.102. The molecule has 0 radical (unpaired) electrons. The summed E-state index contributed by atoms with van der Waals surface area (Å²) >= 11 is 14.8. The van der Waals surface area contributed by atoms with Gasteiger partial charge in [0.05, 0.1) is 16.3 Å². The first-order chi connectivity index (χ1) is 8.97. The predicted octanol–water partition coefficient (Wildman–Crippen LogP) is 4.54. The van der Waals surface area contributed by atoms with Crippen molar-refractivity contribution in [3.63, 3.8) is 0 Å². The first kappa shape index (κ1) is 14.2. The maximum absolute atomic E-state index is 13.1. The Kier molecular flexibility index (Phi) is 4.39. The Morgan fingerprint density at radius 3 is 2.79 bits per heavy atom. The summed E-state index contributed by atoms with van der Waals surface area (Å²) in [5, 5.41) is 2.85. The van der Waals surface area contributed by atoms with Gasteiger partial charge in [0.25, 0.3) is 5.91 Å². The van der Waals surface area contributed by atoms with E-state index in [0.717, 1.165) is 0 Å². The number of amides is 1. The van der Waals surface area contributed by atoms with E-state index in [2.05, 4.69) is 26.2 Å². The third-order valence-electron chi connectivity index (χ3n) is 2.24. The fourth-order valence-corrected chi connectivity index (χ4v) is 2.06. The van der Waals surface area contributed by atoms with Crippen molar-refractivity contribution in [3.05, 3.63) is 56.5 Å². The smallest absolute Gasteiger partial charge is 0.257 e. The molecule has 0 aliphatic carbocycles. The zero-order chi connectivity index (χ0) is 14.0. The van der Waals surface area contributed by atoms with Crippen LogP contribution in [0.25, 0.3) is 0 Å². The molecule has 0 bridgehead atoms. The SMILES string of the molecule is O=C(Nc1cc(F)ccc1Br)c1cc(Cl)ncc1Cl. The summed E-state index contributed by atoms with van der Waals surface area (Å²) in [5.74, 6) is -0.960. The molecule has 1 amide bonds. The van der Waals surface area contributed by atoms with Gasteiger partial charge in [-0.2, -0.15) is 0 Å². The number of carbonyl (C=O) groups excluding carboxylic acids is 1. The van der Waals surface area contributed by atoms with Crippen LogP contribution in [0.15, 0.2) is 34.9 Å². The quantitative estimate of drug-likeness (QED) is 0.795. The number of nitrogens with zero attached hydrogens (tertiary/aromatic N) is 1. The molecule has 1 aromatic heterocycles. The third kappa shape index (κ3) is 3.43. The number of rotatable bonds is 2. The highest BCUT2D eigenvalue weighted by Crippen LogP contribution is 2.25. The van der Waals surface area contributed by atoms with Gasteiger partial charge in [0, 0.05) is 10.7 Å². The lowest BCUT2D eigenvalue weighted by Gasteiger charge is -2.08. The lowest BCUT2D eigenvalue weighted by atomic mass is 10.2. The fraction of sp³-hybridized carbons (Fsp3) is 0. The minimum Gasteiger partial charge on any atom is -0.321 e. The molecule has 0 fully saturated rings. The van der Waals surface area contributed by atoms with Crippen molar-refractivity contribution >= 4 is 50.7 Å². The summed E-state index contributed by atoms with van der Waals surface area (Å²) in [6.45, 7) is 0. The number of carbonyl (C=O) groups is 1. The second-order valence-electron chi connectivity index (χ2n) is 3.57. The van der Waals surface area contributed by atoms with E-state index in [9.17, 15) is 9.18 Å².